The summed E-state index contributed by atoms with van der Waals surface area (Å²) in [5.41, 5.74) is 0. The molecule has 23 heavy (non-hydrogen) atoms. The Kier molecular flexibility index (Phi) is 5.36. The van der Waals surface area contributed by atoms with E-state index in [9.17, 15) is 4.79 Å². The van der Waals surface area contributed by atoms with Crippen molar-refractivity contribution in [2.75, 3.05) is 13.2 Å². The first-order valence-corrected chi connectivity index (χ1v) is 11.5. The highest BCUT2D eigenvalue weighted by molar-refractivity contribution is 6.74. The zero-order chi connectivity index (χ0) is 17.3. The Morgan fingerprint density at radius 2 is 2.04 bits per heavy atom. The molecule has 1 aliphatic heterocycles. The number of hydrogen-bond acceptors (Lipinski definition) is 2. The molecule has 0 spiro atoms. The van der Waals surface area contributed by atoms with Gasteiger partial charge in [0.2, 0.25) is 0 Å². The van der Waals surface area contributed by atoms with Crippen LogP contribution in [0.1, 0.15) is 40.0 Å². The second-order valence-electron chi connectivity index (χ2n) is 8.18. The minimum atomic E-state index is -1.78. The molecule has 1 fully saturated rings. The van der Waals surface area contributed by atoms with E-state index < -0.39 is 8.32 Å². The highest BCUT2D eigenvalue weighted by Gasteiger charge is 2.39. The summed E-state index contributed by atoms with van der Waals surface area (Å²) in [6.07, 6.45) is 8.83. The van der Waals surface area contributed by atoms with Crippen LogP contribution in [0.3, 0.4) is 0 Å². The molecule has 0 saturated carbocycles. The summed E-state index contributed by atoms with van der Waals surface area (Å²) in [7, 11) is 0.151. The Hall–Kier alpha value is -1.14. The number of carbonyl (C=O) groups excluding carboxylic acids is 1. The number of piperidine rings is 1. The maximum Gasteiger partial charge on any atom is 0.416 e. The highest BCUT2D eigenvalue weighted by Crippen LogP contribution is 2.37. The fourth-order valence-electron chi connectivity index (χ4n) is 2.66. The summed E-state index contributed by atoms with van der Waals surface area (Å²) >= 11 is 0. The van der Waals surface area contributed by atoms with Gasteiger partial charge in [0.1, 0.15) is 12.4 Å². The molecule has 5 nitrogen and oxygen atoms in total. The smallest absolute Gasteiger partial charge is 0.415 e. The minimum absolute atomic E-state index is 0.0640. The molecular formula is C17H32N3O2Si+. The number of amides is 1. The Labute approximate surface area is 141 Å². The predicted molar refractivity (Wildman–Crippen MR) is 93.9 cm³/mol. The van der Waals surface area contributed by atoms with E-state index in [0.29, 0.717) is 6.61 Å². The maximum absolute atomic E-state index is 12.8. The van der Waals surface area contributed by atoms with Gasteiger partial charge in [-0.2, -0.15) is 4.57 Å². The molecule has 1 aromatic heterocycles. The average molecular weight is 339 g/mol. The number of likely N-dealkylation sites (tertiary alicyclic amines) is 1. The molecule has 0 radical (unpaired) electrons. The second-order valence-corrected chi connectivity index (χ2v) is 13.0. The Bertz CT molecular complexity index is 548. The third-order valence-corrected chi connectivity index (χ3v) is 9.81. The number of rotatable bonds is 3. The van der Waals surface area contributed by atoms with E-state index in [-0.39, 0.29) is 17.1 Å². The zero-order valence-electron chi connectivity index (χ0n) is 15.5. The molecule has 2 rings (SSSR count). The molecule has 6 heteroatoms. The number of aryl methyl sites for hydroxylation is 1. The van der Waals surface area contributed by atoms with Crippen molar-refractivity contribution < 1.29 is 13.8 Å². The van der Waals surface area contributed by atoms with Crippen molar-refractivity contribution in [3.8, 4) is 0 Å². The van der Waals surface area contributed by atoms with Crippen molar-refractivity contribution in [2.24, 2.45) is 7.05 Å². The molecule has 1 unspecified atom stereocenters. The molecule has 1 amide bonds. The van der Waals surface area contributed by atoms with E-state index in [1.165, 1.54) is 6.42 Å². The van der Waals surface area contributed by atoms with Gasteiger partial charge in [-0.1, -0.05) is 20.8 Å². The van der Waals surface area contributed by atoms with E-state index in [0.717, 1.165) is 19.4 Å². The van der Waals surface area contributed by atoms with Gasteiger partial charge in [0.25, 0.3) is 6.33 Å². The summed E-state index contributed by atoms with van der Waals surface area (Å²) in [6, 6.07) is 0.257. The second kappa shape index (κ2) is 6.77. The van der Waals surface area contributed by atoms with E-state index in [4.69, 9.17) is 4.43 Å². The van der Waals surface area contributed by atoms with Gasteiger partial charge >= 0.3 is 6.03 Å². The van der Waals surface area contributed by atoms with Crippen LogP contribution < -0.4 is 4.57 Å². The van der Waals surface area contributed by atoms with Gasteiger partial charge in [-0.25, -0.2) is 9.36 Å². The van der Waals surface area contributed by atoms with E-state index in [1.54, 1.807) is 4.57 Å². The monoisotopic (exact) mass is 338 g/mol. The third-order valence-electron chi connectivity index (χ3n) is 5.31. The van der Waals surface area contributed by atoms with Crippen LogP contribution in [0.15, 0.2) is 18.7 Å². The summed E-state index contributed by atoms with van der Waals surface area (Å²) < 4.78 is 9.95. The molecule has 0 N–H and O–H groups in total. The molecule has 130 valence electrons. The fourth-order valence-corrected chi connectivity index (χ4v) is 3.70. The highest BCUT2D eigenvalue weighted by atomic mass is 28.4. The first kappa shape index (κ1) is 18.2. The van der Waals surface area contributed by atoms with Crippen LogP contribution in [-0.4, -0.2) is 43.0 Å². The van der Waals surface area contributed by atoms with Crippen LogP contribution in [0, 0.1) is 0 Å². The Balaban J connectivity index is 2.05. The largest absolute Gasteiger partial charge is 0.416 e. The summed E-state index contributed by atoms with van der Waals surface area (Å²) in [6.45, 7) is 12.8. The molecule has 0 aromatic carbocycles. The lowest BCUT2D eigenvalue weighted by Gasteiger charge is -2.40. The van der Waals surface area contributed by atoms with Crippen molar-refractivity contribution in [3.63, 3.8) is 0 Å². The molecular weight excluding hydrogens is 306 g/mol. The van der Waals surface area contributed by atoms with Crippen molar-refractivity contribution >= 4 is 14.3 Å². The first-order valence-electron chi connectivity index (χ1n) is 8.60. The normalized spacial score (nSPS) is 19.9. The lowest BCUT2D eigenvalue weighted by atomic mass is 10.0. The number of carbonyl (C=O) groups is 1. The van der Waals surface area contributed by atoms with Crippen molar-refractivity contribution in [2.45, 2.75) is 64.2 Å². The van der Waals surface area contributed by atoms with Crippen molar-refractivity contribution in [1.82, 2.24) is 9.47 Å². The standard InChI is InChI=1S/C17H32N3O2Si/c1-17(2,3)23(5,6)22-13-15-9-7-8-10-20(15)16(21)19-12-11-18(4)14-19/h11-12,14-15H,7-10,13H2,1-6H3/q+1. The van der Waals surface area contributed by atoms with E-state index in [2.05, 4.69) is 33.9 Å². The Morgan fingerprint density at radius 1 is 1.35 bits per heavy atom. The first-order chi connectivity index (χ1) is 10.6. The Morgan fingerprint density at radius 3 is 2.61 bits per heavy atom. The van der Waals surface area contributed by atoms with Crippen LogP contribution in [0.2, 0.25) is 18.1 Å². The van der Waals surface area contributed by atoms with Crippen molar-refractivity contribution in [1.29, 1.82) is 0 Å². The molecule has 0 bridgehead atoms. The van der Waals surface area contributed by atoms with Gasteiger partial charge in [-0.3, -0.25) is 4.90 Å². The molecule has 1 saturated heterocycles. The lowest BCUT2D eigenvalue weighted by Crippen LogP contribution is -2.51. The molecule has 1 aliphatic rings. The van der Waals surface area contributed by atoms with Gasteiger partial charge in [-0.15, -0.1) is 0 Å². The van der Waals surface area contributed by atoms with Gasteiger partial charge < -0.3 is 4.43 Å². The van der Waals surface area contributed by atoms with Crippen LogP contribution in [0.25, 0.3) is 0 Å². The van der Waals surface area contributed by atoms with Gasteiger partial charge in [0, 0.05) is 6.54 Å². The van der Waals surface area contributed by atoms with Gasteiger partial charge in [0.05, 0.1) is 19.7 Å². The third kappa shape index (κ3) is 4.23. The number of imidazole rings is 1. The van der Waals surface area contributed by atoms with Gasteiger partial charge in [0.15, 0.2) is 8.32 Å². The fraction of sp³-hybridized carbons (Fsp3) is 0.765. The van der Waals surface area contributed by atoms with Crippen LogP contribution in [0.4, 0.5) is 4.79 Å². The summed E-state index contributed by atoms with van der Waals surface area (Å²) in [4.78, 5) is 14.8. The summed E-state index contributed by atoms with van der Waals surface area (Å²) in [5.74, 6) is 0. The van der Waals surface area contributed by atoms with Crippen molar-refractivity contribution in [3.05, 3.63) is 18.7 Å². The van der Waals surface area contributed by atoms with E-state index in [1.807, 2.05) is 35.2 Å². The van der Waals surface area contributed by atoms with Crippen LogP contribution in [-0.2, 0) is 11.5 Å². The quantitative estimate of drug-likeness (QED) is 0.627. The van der Waals surface area contributed by atoms with Gasteiger partial charge in [-0.05, 0) is 37.4 Å². The molecule has 2 heterocycles. The summed E-state index contributed by atoms with van der Waals surface area (Å²) in [5, 5.41) is 0.199. The predicted octanol–water partition coefficient (Wildman–Crippen LogP) is 3.16. The molecule has 1 atom stereocenters. The maximum atomic E-state index is 12.8. The average Bonchev–Trinajstić information content (AvgIpc) is 2.90. The van der Waals surface area contributed by atoms with E-state index >= 15 is 0 Å². The molecule has 1 aromatic rings. The zero-order valence-corrected chi connectivity index (χ0v) is 16.5. The number of nitrogens with zero attached hydrogens (tertiary/aromatic N) is 3. The molecule has 0 aliphatic carbocycles. The lowest BCUT2D eigenvalue weighted by molar-refractivity contribution is -0.670. The number of hydrogen-bond donors (Lipinski definition) is 0. The topological polar surface area (TPSA) is 38.3 Å². The van der Waals surface area contributed by atoms with Crippen LogP contribution in [0.5, 0.6) is 0 Å². The van der Waals surface area contributed by atoms with Crippen LogP contribution >= 0.6 is 0 Å². The number of aromatic nitrogens is 2. The SMILES string of the molecule is C[n+]1ccn(C(=O)N2CCCCC2CO[Si](C)(C)C(C)(C)C)c1. The minimum Gasteiger partial charge on any atom is -0.415 e.